The van der Waals surface area contributed by atoms with Crippen LogP contribution in [0.3, 0.4) is 0 Å². The topological polar surface area (TPSA) is 60.8 Å². The van der Waals surface area contributed by atoms with E-state index in [1.54, 1.807) is 24.0 Å². The second kappa shape index (κ2) is 6.20. The van der Waals surface area contributed by atoms with Gasteiger partial charge >= 0.3 is 0 Å². The Morgan fingerprint density at radius 2 is 2.42 bits per heavy atom. The monoisotopic (exact) mass is 279 g/mol. The summed E-state index contributed by atoms with van der Waals surface area (Å²) >= 11 is 1.34. The number of aliphatic hydroxyl groups excluding tert-OH is 2. The van der Waals surface area contributed by atoms with Crippen molar-refractivity contribution in [3.05, 3.63) is 21.9 Å². The van der Waals surface area contributed by atoms with Crippen LogP contribution in [0.4, 0.5) is 0 Å². The number of hydrogen-bond acceptors (Lipinski definition) is 4. The van der Waals surface area contributed by atoms with Crippen molar-refractivity contribution < 1.29 is 15.0 Å². The summed E-state index contributed by atoms with van der Waals surface area (Å²) in [5, 5.41) is 18.2. The molecule has 0 radical (unpaired) electrons. The number of hydrogen-bond donors (Lipinski definition) is 2. The molecule has 0 aliphatic carbocycles. The predicted octanol–water partition coefficient (Wildman–Crippen LogP) is 0.935. The molecule has 2 N–H and O–H groups in total. The molecule has 1 saturated heterocycles. The maximum Gasteiger partial charge on any atom is 0.263 e. The lowest BCUT2D eigenvalue weighted by Gasteiger charge is -2.16. The normalized spacial score (nSPS) is 19.9. The van der Waals surface area contributed by atoms with Gasteiger partial charge in [-0.15, -0.1) is 11.3 Å². The number of nitrogens with zero attached hydrogens (tertiary/aromatic N) is 1. The first-order valence-corrected chi connectivity index (χ1v) is 7.10. The molecule has 0 bridgehead atoms. The van der Waals surface area contributed by atoms with E-state index in [4.69, 9.17) is 5.11 Å². The zero-order valence-corrected chi connectivity index (χ0v) is 11.6. The average molecular weight is 279 g/mol. The van der Waals surface area contributed by atoms with Gasteiger partial charge in [0, 0.05) is 19.0 Å². The van der Waals surface area contributed by atoms with Crippen molar-refractivity contribution in [3.63, 3.8) is 0 Å². The third kappa shape index (κ3) is 3.35. The van der Waals surface area contributed by atoms with E-state index in [0.29, 0.717) is 18.0 Å². The van der Waals surface area contributed by atoms with Crippen molar-refractivity contribution in [1.29, 1.82) is 0 Å². The first kappa shape index (κ1) is 14.1. The fourth-order valence-electron chi connectivity index (χ4n) is 2.17. The Balaban J connectivity index is 2.02. The van der Waals surface area contributed by atoms with Crippen LogP contribution in [0.5, 0.6) is 0 Å². The Morgan fingerprint density at radius 3 is 3.05 bits per heavy atom. The molecule has 2 rings (SSSR count). The van der Waals surface area contributed by atoms with E-state index in [-0.39, 0.29) is 24.5 Å². The van der Waals surface area contributed by atoms with Crippen molar-refractivity contribution in [2.75, 3.05) is 19.7 Å². The SMILES string of the molecule is CC(O)C1CCN(C(=O)c2ccc(C#CCO)s2)C1. The third-order valence-corrected chi connectivity index (χ3v) is 4.29. The van der Waals surface area contributed by atoms with Gasteiger partial charge in [-0.1, -0.05) is 11.8 Å². The highest BCUT2D eigenvalue weighted by atomic mass is 32.1. The van der Waals surface area contributed by atoms with E-state index < -0.39 is 0 Å². The van der Waals surface area contributed by atoms with Gasteiger partial charge in [-0.2, -0.15) is 0 Å². The molecule has 4 nitrogen and oxygen atoms in total. The molecule has 102 valence electrons. The standard InChI is InChI=1S/C14H17NO3S/c1-10(17)11-6-7-15(9-11)14(18)13-5-4-12(19-13)3-2-8-16/h4-5,10-11,16-17H,6-9H2,1H3. The van der Waals surface area contributed by atoms with E-state index in [1.807, 2.05) is 0 Å². The van der Waals surface area contributed by atoms with Gasteiger partial charge in [-0.05, 0) is 25.5 Å². The number of thiophene rings is 1. The van der Waals surface area contributed by atoms with Gasteiger partial charge in [0.05, 0.1) is 15.9 Å². The molecule has 0 aromatic carbocycles. The third-order valence-electron chi connectivity index (χ3n) is 3.30. The lowest BCUT2D eigenvalue weighted by molar-refractivity contribution is 0.0767. The quantitative estimate of drug-likeness (QED) is 0.792. The maximum absolute atomic E-state index is 12.3. The van der Waals surface area contributed by atoms with E-state index in [9.17, 15) is 9.90 Å². The van der Waals surface area contributed by atoms with Crippen LogP contribution in [0, 0.1) is 17.8 Å². The molecular formula is C14H17NO3S. The van der Waals surface area contributed by atoms with Crippen molar-refractivity contribution in [1.82, 2.24) is 4.90 Å². The molecule has 1 aromatic rings. The second-order valence-electron chi connectivity index (χ2n) is 4.66. The Labute approximate surface area is 116 Å². The van der Waals surface area contributed by atoms with Gasteiger partial charge in [-0.25, -0.2) is 0 Å². The molecule has 1 fully saturated rings. The second-order valence-corrected chi connectivity index (χ2v) is 5.75. The number of likely N-dealkylation sites (tertiary alicyclic amines) is 1. The van der Waals surface area contributed by atoms with Crippen LogP contribution >= 0.6 is 11.3 Å². The first-order valence-electron chi connectivity index (χ1n) is 6.28. The summed E-state index contributed by atoms with van der Waals surface area (Å²) in [6, 6.07) is 3.56. The van der Waals surface area contributed by atoms with Crippen LogP contribution < -0.4 is 0 Å². The summed E-state index contributed by atoms with van der Waals surface area (Å²) in [7, 11) is 0. The molecule has 1 amide bonds. The van der Waals surface area contributed by atoms with Crippen molar-refractivity contribution >= 4 is 17.2 Å². The minimum Gasteiger partial charge on any atom is -0.393 e. The van der Waals surface area contributed by atoms with Crippen molar-refractivity contribution in [2.45, 2.75) is 19.4 Å². The summed E-state index contributed by atoms with van der Waals surface area (Å²) < 4.78 is 0. The minimum atomic E-state index is -0.368. The summed E-state index contributed by atoms with van der Waals surface area (Å²) in [4.78, 5) is 15.5. The first-order chi connectivity index (χ1) is 9.11. The smallest absolute Gasteiger partial charge is 0.263 e. The lowest BCUT2D eigenvalue weighted by atomic mass is 10.0. The average Bonchev–Trinajstić information content (AvgIpc) is 3.04. The molecule has 2 unspecified atom stereocenters. The highest BCUT2D eigenvalue weighted by molar-refractivity contribution is 7.14. The fraction of sp³-hybridized carbons (Fsp3) is 0.500. The Morgan fingerprint density at radius 1 is 1.63 bits per heavy atom. The molecule has 2 atom stereocenters. The Bertz CT molecular complexity index is 512. The number of aliphatic hydroxyl groups is 2. The Hall–Kier alpha value is -1.35. The van der Waals surface area contributed by atoms with Crippen LogP contribution in [-0.4, -0.2) is 46.8 Å². The largest absolute Gasteiger partial charge is 0.393 e. The molecule has 19 heavy (non-hydrogen) atoms. The van der Waals surface area contributed by atoms with E-state index in [0.717, 1.165) is 11.3 Å². The van der Waals surface area contributed by atoms with Gasteiger partial charge in [0.2, 0.25) is 0 Å². The highest BCUT2D eigenvalue weighted by Crippen LogP contribution is 2.24. The van der Waals surface area contributed by atoms with E-state index in [1.165, 1.54) is 11.3 Å². The molecule has 1 aliphatic rings. The number of carbonyl (C=O) groups excluding carboxylic acids is 1. The predicted molar refractivity (Wildman–Crippen MR) is 74.0 cm³/mol. The van der Waals surface area contributed by atoms with Gasteiger partial charge in [0.25, 0.3) is 5.91 Å². The summed E-state index contributed by atoms with van der Waals surface area (Å²) in [5.41, 5.74) is 0. The van der Waals surface area contributed by atoms with Crippen LogP contribution in [0.2, 0.25) is 0 Å². The molecule has 1 aromatic heterocycles. The molecule has 0 spiro atoms. The molecule has 0 saturated carbocycles. The minimum absolute atomic E-state index is 0.00481. The van der Waals surface area contributed by atoms with Gasteiger partial charge in [0.1, 0.15) is 6.61 Å². The van der Waals surface area contributed by atoms with Crippen LogP contribution in [0.25, 0.3) is 0 Å². The number of amides is 1. The van der Waals surface area contributed by atoms with E-state index in [2.05, 4.69) is 11.8 Å². The van der Waals surface area contributed by atoms with Gasteiger partial charge < -0.3 is 15.1 Å². The van der Waals surface area contributed by atoms with Crippen LogP contribution in [0.1, 0.15) is 27.9 Å². The lowest BCUT2D eigenvalue weighted by Crippen LogP contribution is -2.29. The fourth-order valence-corrected chi connectivity index (χ4v) is 3.02. The molecule has 2 heterocycles. The molecule has 1 aliphatic heterocycles. The van der Waals surface area contributed by atoms with Gasteiger partial charge in [0.15, 0.2) is 0 Å². The molecular weight excluding hydrogens is 262 g/mol. The summed E-state index contributed by atoms with van der Waals surface area (Å²) in [5.74, 6) is 5.54. The van der Waals surface area contributed by atoms with Gasteiger partial charge in [-0.3, -0.25) is 4.79 Å². The van der Waals surface area contributed by atoms with Crippen molar-refractivity contribution in [2.24, 2.45) is 5.92 Å². The van der Waals surface area contributed by atoms with Crippen LogP contribution in [-0.2, 0) is 0 Å². The zero-order chi connectivity index (χ0) is 13.8. The number of carbonyl (C=O) groups is 1. The maximum atomic E-state index is 12.3. The zero-order valence-electron chi connectivity index (χ0n) is 10.8. The van der Waals surface area contributed by atoms with E-state index >= 15 is 0 Å². The van der Waals surface area contributed by atoms with Crippen LogP contribution in [0.15, 0.2) is 12.1 Å². The summed E-state index contributed by atoms with van der Waals surface area (Å²) in [6.07, 6.45) is 0.485. The Kier molecular flexibility index (Phi) is 4.59. The van der Waals surface area contributed by atoms with Crippen molar-refractivity contribution in [3.8, 4) is 11.8 Å². The number of rotatable bonds is 2. The molecule has 5 heteroatoms. The summed E-state index contributed by atoms with van der Waals surface area (Å²) in [6.45, 7) is 2.91. The highest BCUT2D eigenvalue weighted by Gasteiger charge is 2.30.